The van der Waals surface area contributed by atoms with E-state index in [1.54, 1.807) is 44.3 Å². The summed E-state index contributed by atoms with van der Waals surface area (Å²) in [6, 6.07) is 13.0. The summed E-state index contributed by atoms with van der Waals surface area (Å²) in [6.45, 7) is 2.45. The van der Waals surface area contributed by atoms with Gasteiger partial charge < -0.3 is 15.0 Å². The third-order valence-corrected chi connectivity index (χ3v) is 4.03. The van der Waals surface area contributed by atoms with Crippen LogP contribution < -0.4 is 10.1 Å². The molecule has 0 aromatic heterocycles. The van der Waals surface area contributed by atoms with Crippen molar-refractivity contribution in [1.29, 1.82) is 0 Å². The predicted molar refractivity (Wildman–Crippen MR) is 103 cm³/mol. The first-order valence-electron chi connectivity index (χ1n) is 8.33. The zero-order chi connectivity index (χ0) is 19.1. The van der Waals surface area contributed by atoms with Crippen molar-refractivity contribution in [2.75, 3.05) is 21.2 Å². The van der Waals surface area contributed by atoms with Gasteiger partial charge in [-0.3, -0.25) is 9.59 Å². The van der Waals surface area contributed by atoms with Crippen molar-refractivity contribution in [2.24, 2.45) is 0 Å². The van der Waals surface area contributed by atoms with Gasteiger partial charge in [-0.2, -0.15) is 0 Å². The summed E-state index contributed by atoms with van der Waals surface area (Å²) in [5, 5.41) is 2.58. The molecule has 0 saturated heterocycles. The maximum atomic E-state index is 12.4. The molecule has 136 valence electrons. The number of methoxy groups -OCH3 is 1. The van der Waals surface area contributed by atoms with Gasteiger partial charge in [0.1, 0.15) is 5.75 Å². The summed E-state index contributed by atoms with van der Waals surface area (Å²) in [5.74, 6) is 0.493. The molecule has 2 aromatic rings. The minimum absolute atomic E-state index is 0.107. The Hall–Kier alpha value is -3.08. The van der Waals surface area contributed by atoms with Crippen LogP contribution in [0.3, 0.4) is 0 Å². The average Bonchev–Trinajstić information content (AvgIpc) is 2.66. The van der Waals surface area contributed by atoms with Gasteiger partial charge in [0, 0.05) is 37.8 Å². The molecule has 26 heavy (non-hydrogen) atoms. The van der Waals surface area contributed by atoms with Crippen molar-refractivity contribution in [1.82, 2.24) is 10.2 Å². The van der Waals surface area contributed by atoms with Gasteiger partial charge in [0.25, 0.3) is 5.91 Å². The van der Waals surface area contributed by atoms with E-state index in [9.17, 15) is 9.59 Å². The summed E-state index contributed by atoms with van der Waals surface area (Å²) in [4.78, 5) is 25.5. The standard InChI is InChI=1S/C21H24N2O3/c1-15-5-11-19(26-4)18(13-15)10-12-20(24)23(3)14-16-6-8-17(9-7-16)21(25)22-2/h5-13H,14H2,1-4H3,(H,22,25)/b12-10+. The fraction of sp³-hybridized carbons (Fsp3) is 0.238. The van der Waals surface area contributed by atoms with Gasteiger partial charge in [-0.1, -0.05) is 23.8 Å². The molecule has 0 unspecified atom stereocenters. The first-order chi connectivity index (χ1) is 12.4. The summed E-state index contributed by atoms with van der Waals surface area (Å²) in [7, 11) is 4.95. The molecule has 2 amide bonds. The number of rotatable bonds is 6. The van der Waals surface area contributed by atoms with Gasteiger partial charge in [0.2, 0.25) is 5.91 Å². The Labute approximate surface area is 154 Å². The average molecular weight is 352 g/mol. The first-order valence-corrected chi connectivity index (χ1v) is 8.33. The molecule has 0 aliphatic carbocycles. The van der Waals surface area contributed by atoms with Gasteiger partial charge in [-0.25, -0.2) is 0 Å². The molecule has 0 aliphatic heterocycles. The molecule has 0 spiro atoms. The number of hydrogen-bond donors (Lipinski definition) is 1. The molecule has 1 N–H and O–H groups in total. The Kier molecular flexibility index (Phi) is 6.55. The van der Waals surface area contributed by atoms with Gasteiger partial charge in [0.15, 0.2) is 0 Å². The number of benzene rings is 2. The smallest absolute Gasteiger partial charge is 0.251 e. The monoisotopic (exact) mass is 352 g/mol. The first kappa shape index (κ1) is 19.2. The lowest BCUT2D eigenvalue weighted by Gasteiger charge is -2.15. The van der Waals surface area contributed by atoms with Gasteiger partial charge in [0.05, 0.1) is 7.11 Å². The predicted octanol–water partition coefficient (Wildman–Crippen LogP) is 3.04. The number of likely N-dealkylation sites (N-methyl/N-ethyl adjacent to an activating group) is 1. The minimum Gasteiger partial charge on any atom is -0.496 e. The fourth-order valence-corrected chi connectivity index (χ4v) is 2.53. The Morgan fingerprint density at radius 3 is 2.46 bits per heavy atom. The second-order valence-electron chi connectivity index (χ2n) is 6.05. The molecule has 5 nitrogen and oxygen atoms in total. The van der Waals surface area contributed by atoms with Crippen LogP contribution in [0.4, 0.5) is 0 Å². The van der Waals surface area contributed by atoms with E-state index in [0.717, 1.165) is 22.4 Å². The van der Waals surface area contributed by atoms with Crippen LogP contribution in [0.1, 0.15) is 27.0 Å². The summed E-state index contributed by atoms with van der Waals surface area (Å²) in [6.07, 6.45) is 3.30. The molecule has 0 fully saturated rings. The Morgan fingerprint density at radius 2 is 1.85 bits per heavy atom. The molecule has 2 rings (SSSR count). The quantitative estimate of drug-likeness (QED) is 0.813. The van der Waals surface area contributed by atoms with E-state index in [2.05, 4.69) is 5.32 Å². The molecule has 0 aliphatic rings. The lowest BCUT2D eigenvalue weighted by atomic mass is 10.1. The highest BCUT2D eigenvalue weighted by atomic mass is 16.5. The van der Waals surface area contributed by atoms with Crippen molar-refractivity contribution >= 4 is 17.9 Å². The van der Waals surface area contributed by atoms with E-state index in [1.165, 1.54) is 6.08 Å². The highest BCUT2D eigenvalue weighted by Crippen LogP contribution is 2.21. The third-order valence-electron chi connectivity index (χ3n) is 4.03. The number of aryl methyl sites for hydroxylation is 1. The van der Waals surface area contributed by atoms with Crippen LogP contribution in [0.25, 0.3) is 6.08 Å². The topological polar surface area (TPSA) is 58.6 Å². The number of hydrogen-bond acceptors (Lipinski definition) is 3. The molecule has 2 aromatic carbocycles. The number of carbonyl (C=O) groups excluding carboxylic acids is 2. The Bertz CT molecular complexity index is 811. The highest BCUT2D eigenvalue weighted by Gasteiger charge is 2.08. The summed E-state index contributed by atoms with van der Waals surface area (Å²) < 4.78 is 5.32. The van der Waals surface area contributed by atoms with Crippen LogP contribution in [0.15, 0.2) is 48.5 Å². The molecule has 0 radical (unpaired) electrons. The van der Waals surface area contributed by atoms with Crippen molar-refractivity contribution < 1.29 is 14.3 Å². The fourth-order valence-electron chi connectivity index (χ4n) is 2.53. The molecular weight excluding hydrogens is 328 g/mol. The second-order valence-corrected chi connectivity index (χ2v) is 6.05. The molecule has 5 heteroatoms. The zero-order valence-electron chi connectivity index (χ0n) is 15.6. The SMILES string of the molecule is CNC(=O)c1ccc(CN(C)C(=O)/C=C/c2cc(C)ccc2OC)cc1. The summed E-state index contributed by atoms with van der Waals surface area (Å²) in [5.41, 5.74) is 3.51. The van der Waals surface area contributed by atoms with Crippen LogP contribution in [0.2, 0.25) is 0 Å². The van der Waals surface area contributed by atoms with E-state index >= 15 is 0 Å². The number of amides is 2. The lowest BCUT2D eigenvalue weighted by molar-refractivity contribution is -0.125. The molecule has 0 bridgehead atoms. The largest absolute Gasteiger partial charge is 0.496 e. The van der Waals surface area contributed by atoms with Crippen molar-refractivity contribution in [2.45, 2.75) is 13.5 Å². The lowest BCUT2D eigenvalue weighted by Crippen LogP contribution is -2.24. The van der Waals surface area contributed by atoms with E-state index in [1.807, 2.05) is 37.3 Å². The maximum absolute atomic E-state index is 12.4. The van der Waals surface area contributed by atoms with Gasteiger partial charge >= 0.3 is 0 Å². The molecule has 0 saturated carbocycles. The second kappa shape index (κ2) is 8.85. The molecule has 0 atom stereocenters. The Balaban J connectivity index is 2.03. The van der Waals surface area contributed by atoms with Crippen molar-refractivity contribution in [3.05, 3.63) is 70.8 Å². The van der Waals surface area contributed by atoms with Crippen molar-refractivity contribution in [3.8, 4) is 5.75 Å². The normalized spacial score (nSPS) is 10.6. The van der Waals surface area contributed by atoms with Gasteiger partial charge in [-0.15, -0.1) is 0 Å². The van der Waals surface area contributed by atoms with E-state index in [-0.39, 0.29) is 11.8 Å². The number of carbonyl (C=O) groups is 2. The number of nitrogens with one attached hydrogen (secondary N) is 1. The Morgan fingerprint density at radius 1 is 1.15 bits per heavy atom. The van der Waals surface area contributed by atoms with E-state index in [0.29, 0.717) is 12.1 Å². The van der Waals surface area contributed by atoms with Crippen LogP contribution in [-0.4, -0.2) is 37.9 Å². The van der Waals surface area contributed by atoms with E-state index in [4.69, 9.17) is 4.74 Å². The minimum atomic E-state index is -0.129. The van der Waals surface area contributed by atoms with Crippen molar-refractivity contribution in [3.63, 3.8) is 0 Å². The molecular formula is C21H24N2O3. The highest BCUT2D eigenvalue weighted by molar-refractivity contribution is 5.94. The number of ether oxygens (including phenoxy) is 1. The van der Waals surface area contributed by atoms with Crippen LogP contribution >= 0.6 is 0 Å². The molecule has 0 heterocycles. The van der Waals surface area contributed by atoms with Crippen LogP contribution in [-0.2, 0) is 11.3 Å². The van der Waals surface area contributed by atoms with Crippen LogP contribution in [0, 0.1) is 6.92 Å². The van der Waals surface area contributed by atoms with Crippen LogP contribution in [0.5, 0.6) is 5.75 Å². The third kappa shape index (κ3) is 4.96. The zero-order valence-corrected chi connectivity index (χ0v) is 15.6. The van der Waals surface area contributed by atoms with E-state index < -0.39 is 0 Å². The maximum Gasteiger partial charge on any atom is 0.251 e. The van der Waals surface area contributed by atoms with Gasteiger partial charge in [-0.05, 0) is 42.8 Å². The summed E-state index contributed by atoms with van der Waals surface area (Å²) >= 11 is 0. The number of nitrogens with zero attached hydrogens (tertiary/aromatic N) is 1.